The number of carbonyl (C=O) groups excluding carboxylic acids is 3. The van der Waals surface area contributed by atoms with Crippen molar-refractivity contribution in [2.45, 2.75) is 51.4 Å². The van der Waals surface area contributed by atoms with Gasteiger partial charge in [-0.25, -0.2) is 4.79 Å². The Labute approximate surface area is 187 Å². The van der Waals surface area contributed by atoms with Crippen molar-refractivity contribution < 1.29 is 24.0 Å². The van der Waals surface area contributed by atoms with Crippen LogP contribution >= 0.6 is 0 Å². The Hall–Kier alpha value is -3.23. The third-order valence-electron chi connectivity index (χ3n) is 6.12. The molecule has 9 heteroatoms. The highest BCUT2D eigenvalue weighted by Gasteiger charge is 2.37. The van der Waals surface area contributed by atoms with Gasteiger partial charge in [-0.05, 0) is 36.5 Å². The van der Waals surface area contributed by atoms with Crippen molar-refractivity contribution in [1.29, 1.82) is 0 Å². The van der Waals surface area contributed by atoms with Crippen LogP contribution in [0.4, 0.5) is 10.5 Å². The fourth-order valence-corrected chi connectivity index (χ4v) is 4.22. The highest BCUT2D eigenvalue weighted by Crippen LogP contribution is 2.31. The van der Waals surface area contributed by atoms with Gasteiger partial charge in [0.1, 0.15) is 5.57 Å². The van der Waals surface area contributed by atoms with Crippen LogP contribution in [0.15, 0.2) is 23.8 Å². The van der Waals surface area contributed by atoms with Crippen LogP contribution in [-0.4, -0.2) is 53.3 Å². The SMILES string of the molecule is CN1C(=O)C(=Cc2ccc(OCCCCC3CCCCC3)c([N+](=O)[O-])c2)C(=O)N(C)C1=O. The van der Waals surface area contributed by atoms with Gasteiger partial charge in [-0.2, -0.15) is 0 Å². The van der Waals surface area contributed by atoms with Gasteiger partial charge < -0.3 is 4.74 Å². The minimum atomic E-state index is -0.751. The molecule has 1 saturated carbocycles. The quantitative estimate of drug-likeness (QED) is 0.196. The zero-order valence-electron chi connectivity index (χ0n) is 18.5. The predicted octanol–water partition coefficient (Wildman–Crippen LogP) is 4.16. The number of hydrogen-bond donors (Lipinski definition) is 0. The average molecular weight is 444 g/mol. The monoisotopic (exact) mass is 443 g/mol. The number of urea groups is 1. The number of benzene rings is 1. The summed E-state index contributed by atoms with van der Waals surface area (Å²) in [7, 11) is 2.55. The van der Waals surface area contributed by atoms with E-state index < -0.39 is 22.8 Å². The van der Waals surface area contributed by atoms with E-state index in [-0.39, 0.29) is 17.0 Å². The first-order valence-corrected chi connectivity index (χ1v) is 11.0. The van der Waals surface area contributed by atoms with E-state index in [2.05, 4.69) is 0 Å². The van der Waals surface area contributed by atoms with E-state index in [1.54, 1.807) is 6.07 Å². The number of ether oxygens (including phenoxy) is 1. The number of rotatable bonds is 8. The number of unbranched alkanes of at least 4 members (excludes halogenated alkanes) is 1. The largest absolute Gasteiger partial charge is 0.487 e. The molecule has 0 unspecified atom stereocenters. The number of imide groups is 2. The van der Waals surface area contributed by atoms with E-state index in [9.17, 15) is 24.5 Å². The second-order valence-electron chi connectivity index (χ2n) is 8.40. The average Bonchev–Trinajstić information content (AvgIpc) is 2.80. The first-order chi connectivity index (χ1) is 15.3. The molecule has 0 atom stereocenters. The highest BCUT2D eigenvalue weighted by molar-refractivity contribution is 6.30. The van der Waals surface area contributed by atoms with E-state index in [0.717, 1.165) is 28.6 Å². The summed E-state index contributed by atoms with van der Waals surface area (Å²) >= 11 is 0. The second kappa shape index (κ2) is 10.4. The van der Waals surface area contributed by atoms with E-state index in [1.807, 2.05) is 0 Å². The molecule has 1 aliphatic carbocycles. The molecule has 0 bridgehead atoms. The van der Waals surface area contributed by atoms with Crippen molar-refractivity contribution in [2.75, 3.05) is 20.7 Å². The van der Waals surface area contributed by atoms with Crippen LogP contribution in [0.25, 0.3) is 6.08 Å². The number of hydrogen-bond acceptors (Lipinski definition) is 6. The van der Waals surface area contributed by atoms with Gasteiger partial charge in [0.2, 0.25) is 0 Å². The molecule has 32 heavy (non-hydrogen) atoms. The minimum Gasteiger partial charge on any atom is -0.487 e. The summed E-state index contributed by atoms with van der Waals surface area (Å²) in [6.07, 6.45) is 10.9. The maximum Gasteiger partial charge on any atom is 0.333 e. The number of nitrogens with zero attached hydrogens (tertiary/aromatic N) is 3. The number of likely N-dealkylation sites (N-methyl/N-ethyl adjacent to an activating group) is 2. The summed E-state index contributed by atoms with van der Waals surface area (Å²) in [6, 6.07) is 3.56. The lowest BCUT2D eigenvalue weighted by Gasteiger charge is -2.28. The molecule has 1 aromatic rings. The maximum atomic E-state index is 12.3. The van der Waals surface area contributed by atoms with Crippen LogP contribution in [0, 0.1) is 16.0 Å². The summed E-state index contributed by atoms with van der Waals surface area (Å²) in [5.74, 6) is -0.553. The molecule has 3 rings (SSSR count). The fraction of sp³-hybridized carbons (Fsp3) is 0.522. The normalized spacial score (nSPS) is 17.7. The topological polar surface area (TPSA) is 110 Å². The van der Waals surface area contributed by atoms with Gasteiger partial charge in [-0.15, -0.1) is 0 Å². The smallest absolute Gasteiger partial charge is 0.333 e. The van der Waals surface area contributed by atoms with Crippen molar-refractivity contribution in [3.8, 4) is 5.75 Å². The van der Waals surface area contributed by atoms with Crippen molar-refractivity contribution in [1.82, 2.24) is 9.80 Å². The molecule has 0 aromatic heterocycles. The Balaban J connectivity index is 1.66. The van der Waals surface area contributed by atoms with Crippen LogP contribution in [0.2, 0.25) is 0 Å². The van der Waals surface area contributed by atoms with E-state index in [0.29, 0.717) is 12.2 Å². The molecule has 1 saturated heterocycles. The molecule has 2 fully saturated rings. The number of barbiturate groups is 1. The van der Waals surface area contributed by atoms with Gasteiger partial charge in [0.05, 0.1) is 11.5 Å². The second-order valence-corrected chi connectivity index (χ2v) is 8.40. The molecule has 0 radical (unpaired) electrons. The van der Waals surface area contributed by atoms with Crippen LogP contribution in [0.3, 0.4) is 0 Å². The minimum absolute atomic E-state index is 0.153. The van der Waals surface area contributed by atoms with E-state index in [4.69, 9.17) is 4.74 Å². The van der Waals surface area contributed by atoms with Gasteiger partial charge in [0, 0.05) is 20.2 Å². The number of carbonyl (C=O) groups is 3. The molecule has 1 aromatic carbocycles. The molecule has 0 spiro atoms. The first-order valence-electron chi connectivity index (χ1n) is 11.0. The molecule has 2 aliphatic rings. The van der Waals surface area contributed by atoms with Crippen molar-refractivity contribution in [3.05, 3.63) is 39.4 Å². The lowest BCUT2D eigenvalue weighted by molar-refractivity contribution is -0.385. The van der Waals surface area contributed by atoms with Crippen LogP contribution < -0.4 is 4.74 Å². The van der Waals surface area contributed by atoms with Crippen LogP contribution in [-0.2, 0) is 9.59 Å². The third kappa shape index (κ3) is 5.33. The Morgan fingerprint density at radius 1 is 1.06 bits per heavy atom. The highest BCUT2D eigenvalue weighted by atomic mass is 16.6. The standard InChI is InChI=1S/C23H29N3O6/c1-24-21(27)18(22(28)25(2)23(24)29)14-17-11-12-20(19(15-17)26(30)31)32-13-7-6-10-16-8-4-3-5-9-16/h11-12,14-16H,3-10,13H2,1-2H3. The molecule has 9 nitrogen and oxygen atoms in total. The van der Waals surface area contributed by atoms with Gasteiger partial charge in [0.25, 0.3) is 11.8 Å². The number of nitro benzene ring substituents is 1. The first kappa shape index (κ1) is 23.4. The molecule has 1 heterocycles. The molecule has 1 aliphatic heterocycles. The molecule has 4 amide bonds. The Morgan fingerprint density at radius 3 is 2.34 bits per heavy atom. The Kier molecular flexibility index (Phi) is 7.61. The third-order valence-corrected chi connectivity index (χ3v) is 6.12. The van der Waals surface area contributed by atoms with Crippen molar-refractivity contribution in [3.63, 3.8) is 0 Å². The molecular weight excluding hydrogens is 414 g/mol. The lowest BCUT2D eigenvalue weighted by Crippen LogP contribution is -2.52. The van der Waals surface area contributed by atoms with E-state index >= 15 is 0 Å². The Bertz CT molecular complexity index is 910. The number of nitro groups is 1. The maximum absolute atomic E-state index is 12.3. The molecule has 0 N–H and O–H groups in total. The van der Waals surface area contributed by atoms with Gasteiger partial charge in [0.15, 0.2) is 5.75 Å². The van der Waals surface area contributed by atoms with E-state index in [1.165, 1.54) is 70.8 Å². The Morgan fingerprint density at radius 2 is 1.72 bits per heavy atom. The number of amides is 4. The van der Waals surface area contributed by atoms with Gasteiger partial charge >= 0.3 is 11.7 Å². The zero-order valence-corrected chi connectivity index (χ0v) is 18.5. The summed E-state index contributed by atoms with van der Waals surface area (Å²) in [6.45, 7) is 0.392. The summed E-state index contributed by atoms with van der Waals surface area (Å²) in [4.78, 5) is 49.2. The van der Waals surface area contributed by atoms with Crippen LogP contribution in [0.1, 0.15) is 56.9 Å². The van der Waals surface area contributed by atoms with Gasteiger partial charge in [-0.3, -0.25) is 29.5 Å². The summed E-state index contributed by atoms with van der Waals surface area (Å²) in [5.41, 5.74) is -0.172. The summed E-state index contributed by atoms with van der Waals surface area (Å²) in [5, 5.41) is 11.5. The zero-order chi connectivity index (χ0) is 23.3. The fourth-order valence-electron chi connectivity index (χ4n) is 4.22. The summed E-state index contributed by atoms with van der Waals surface area (Å²) < 4.78 is 5.67. The lowest BCUT2D eigenvalue weighted by atomic mass is 9.86. The van der Waals surface area contributed by atoms with Crippen molar-refractivity contribution in [2.24, 2.45) is 5.92 Å². The van der Waals surface area contributed by atoms with Crippen LogP contribution in [0.5, 0.6) is 5.75 Å². The molecular formula is C23H29N3O6. The van der Waals surface area contributed by atoms with Gasteiger partial charge in [-0.1, -0.05) is 44.6 Å². The molecule has 172 valence electrons. The van der Waals surface area contributed by atoms with Crippen molar-refractivity contribution >= 4 is 29.6 Å². The predicted molar refractivity (Wildman–Crippen MR) is 118 cm³/mol.